The van der Waals surface area contributed by atoms with Crippen LogP contribution in [0.4, 0.5) is 0 Å². The summed E-state index contributed by atoms with van der Waals surface area (Å²) in [5, 5.41) is 0. The standard InChI is InChI=1S/C15H31NO/c1-5-6-13(4)17-15(11-16)9-7-14(8-10-15)12(2)3/h12-14H,5-11,16H2,1-4H3. The highest BCUT2D eigenvalue weighted by atomic mass is 16.5. The molecule has 1 atom stereocenters. The van der Waals surface area contributed by atoms with Crippen molar-refractivity contribution in [3.05, 3.63) is 0 Å². The summed E-state index contributed by atoms with van der Waals surface area (Å²) in [6, 6.07) is 0. The lowest BCUT2D eigenvalue weighted by Gasteiger charge is -2.42. The van der Waals surface area contributed by atoms with Crippen molar-refractivity contribution in [1.29, 1.82) is 0 Å². The van der Waals surface area contributed by atoms with E-state index in [-0.39, 0.29) is 5.60 Å². The summed E-state index contributed by atoms with van der Waals surface area (Å²) in [6.07, 6.45) is 7.58. The maximum Gasteiger partial charge on any atom is 0.0807 e. The molecule has 0 saturated heterocycles. The molecular weight excluding hydrogens is 210 g/mol. The molecule has 102 valence electrons. The summed E-state index contributed by atoms with van der Waals surface area (Å²) in [4.78, 5) is 0. The van der Waals surface area contributed by atoms with E-state index in [4.69, 9.17) is 10.5 Å². The lowest BCUT2D eigenvalue weighted by atomic mass is 9.74. The van der Waals surface area contributed by atoms with Crippen molar-refractivity contribution < 1.29 is 4.74 Å². The molecule has 1 aliphatic carbocycles. The first-order valence-electron chi connectivity index (χ1n) is 7.41. The third-order valence-corrected chi connectivity index (χ3v) is 4.40. The van der Waals surface area contributed by atoms with Crippen LogP contribution in [-0.4, -0.2) is 18.2 Å². The Bertz CT molecular complexity index is 207. The maximum atomic E-state index is 6.27. The number of ether oxygens (including phenoxy) is 1. The van der Waals surface area contributed by atoms with Crippen molar-refractivity contribution in [2.24, 2.45) is 17.6 Å². The van der Waals surface area contributed by atoms with Crippen LogP contribution in [0.5, 0.6) is 0 Å². The summed E-state index contributed by atoms with van der Waals surface area (Å²) < 4.78 is 6.27. The maximum absolute atomic E-state index is 6.27. The van der Waals surface area contributed by atoms with E-state index < -0.39 is 0 Å². The molecular formula is C15H31NO. The van der Waals surface area contributed by atoms with Gasteiger partial charge in [-0.2, -0.15) is 0 Å². The van der Waals surface area contributed by atoms with E-state index >= 15 is 0 Å². The second-order valence-corrected chi connectivity index (χ2v) is 6.19. The van der Waals surface area contributed by atoms with E-state index in [2.05, 4.69) is 27.7 Å². The molecule has 1 saturated carbocycles. The molecule has 0 aromatic rings. The zero-order chi connectivity index (χ0) is 12.9. The molecule has 0 aromatic carbocycles. The fourth-order valence-electron chi connectivity index (χ4n) is 3.10. The van der Waals surface area contributed by atoms with E-state index in [1.54, 1.807) is 0 Å². The van der Waals surface area contributed by atoms with Gasteiger partial charge in [0, 0.05) is 6.54 Å². The number of nitrogens with two attached hydrogens (primary N) is 1. The van der Waals surface area contributed by atoms with Gasteiger partial charge in [-0.15, -0.1) is 0 Å². The van der Waals surface area contributed by atoms with E-state index in [1.165, 1.54) is 19.3 Å². The molecule has 0 amide bonds. The van der Waals surface area contributed by atoms with Crippen LogP contribution >= 0.6 is 0 Å². The van der Waals surface area contributed by atoms with Crippen molar-refractivity contribution in [3.8, 4) is 0 Å². The van der Waals surface area contributed by atoms with Gasteiger partial charge in [0.15, 0.2) is 0 Å². The normalized spacial score (nSPS) is 31.8. The Kier molecular flexibility index (Phi) is 5.94. The molecule has 2 N–H and O–H groups in total. The average molecular weight is 241 g/mol. The van der Waals surface area contributed by atoms with Gasteiger partial charge in [-0.25, -0.2) is 0 Å². The minimum absolute atomic E-state index is 0.0139. The molecule has 1 rings (SSSR count). The molecule has 17 heavy (non-hydrogen) atoms. The van der Waals surface area contributed by atoms with Gasteiger partial charge >= 0.3 is 0 Å². The second-order valence-electron chi connectivity index (χ2n) is 6.19. The SMILES string of the molecule is CCCC(C)OC1(CN)CCC(C(C)C)CC1. The molecule has 0 bridgehead atoms. The Balaban J connectivity index is 2.49. The Labute approximate surface area is 107 Å². The quantitative estimate of drug-likeness (QED) is 0.769. The highest BCUT2D eigenvalue weighted by Crippen LogP contribution is 2.38. The van der Waals surface area contributed by atoms with Gasteiger partial charge in [0.1, 0.15) is 0 Å². The molecule has 0 spiro atoms. The van der Waals surface area contributed by atoms with Crippen LogP contribution < -0.4 is 5.73 Å². The van der Waals surface area contributed by atoms with Crippen molar-refractivity contribution in [2.75, 3.05) is 6.54 Å². The molecule has 0 aliphatic heterocycles. The Morgan fingerprint density at radius 1 is 1.24 bits per heavy atom. The average Bonchev–Trinajstić information content (AvgIpc) is 2.30. The first-order chi connectivity index (χ1) is 8.03. The number of hydrogen-bond donors (Lipinski definition) is 1. The monoisotopic (exact) mass is 241 g/mol. The Morgan fingerprint density at radius 3 is 2.24 bits per heavy atom. The van der Waals surface area contributed by atoms with Gasteiger partial charge in [0.25, 0.3) is 0 Å². The second kappa shape index (κ2) is 6.75. The molecule has 1 aliphatic rings. The minimum atomic E-state index is -0.0139. The molecule has 2 nitrogen and oxygen atoms in total. The van der Waals surface area contributed by atoms with Gasteiger partial charge in [-0.3, -0.25) is 0 Å². The van der Waals surface area contributed by atoms with Crippen LogP contribution in [-0.2, 0) is 4.74 Å². The first kappa shape index (κ1) is 15.0. The van der Waals surface area contributed by atoms with Crippen LogP contribution in [0.15, 0.2) is 0 Å². The largest absolute Gasteiger partial charge is 0.371 e. The van der Waals surface area contributed by atoms with Crippen molar-refractivity contribution in [3.63, 3.8) is 0 Å². The van der Waals surface area contributed by atoms with Crippen LogP contribution in [0.2, 0.25) is 0 Å². The van der Waals surface area contributed by atoms with Crippen LogP contribution in [0.1, 0.15) is 66.2 Å². The topological polar surface area (TPSA) is 35.2 Å². The predicted octanol–water partition coefficient (Wildman–Crippen LogP) is 3.74. The fourth-order valence-corrected chi connectivity index (χ4v) is 3.10. The van der Waals surface area contributed by atoms with E-state index in [0.717, 1.165) is 31.1 Å². The molecule has 0 aromatic heterocycles. The first-order valence-corrected chi connectivity index (χ1v) is 7.41. The zero-order valence-electron chi connectivity index (χ0n) is 12.2. The van der Waals surface area contributed by atoms with Crippen LogP contribution in [0, 0.1) is 11.8 Å². The molecule has 1 fully saturated rings. The van der Waals surface area contributed by atoms with E-state index in [1.807, 2.05) is 0 Å². The summed E-state index contributed by atoms with van der Waals surface area (Å²) in [5.41, 5.74) is 5.97. The third kappa shape index (κ3) is 4.26. The van der Waals surface area contributed by atoms with Gasteiger partial charge < -0.3 is 10.5 Å². The third-order valence-electron chi connectivity index (χ3n) is 4.40. The smallest absolute Gasteiger partial charge is 0.0807 e. The summed E-state index contributed by atoms with van der Waals surface area (Å²) in [5.74, 6) is 1.68. The Hall–Kier alpha value is -0.0800. The van der Waals surface area contributed by atoms with E-state index in [0.29, 0.717) is 12.6 Å². The summed E-state index contributed by atoms with van der Waals surface area (Å²) >= 11 is 0. The predicted molar refractivity (Wildman–Crippen MR) is 74.0 cm³/mol. The van der Waals surface area contributed by atoms with Crippen LogP contribution in [0.25, 0.3) is 0 Å². The van der Waals surface area contributed by atoms with Gasteiger partial charge in [-0.1, -0.05) is 27.2 Å². The highest BCUT2D eigenvalue weighted by Gasteiger charge is 2.36. The Morgan fingerprint density at radius 2 is 1.82 bits per heavy atom. The van der Waals surface area contributed by atoms with Crippen molar-refractivity contribution in [1.82, 2.24) is 0 Å². The summed E-state index contributed by atoms with van der Waals surface area (Å²) in [6.45, 7) is 9.76. The van der Waals surface area contributed by atoms with Crippen LogP contribution in [0.3, 0.4) is 0 Å². The minimum Gasteiger partial charge on any atom is -0.371 e. The number of rotatable bonds is 6. The highest BCUT2D eigenvalue weighted by molar-refractivity contribution is 4.89. The lowest BCUT2D eigenvalue weighted by Crippen LogP contribution is -2.46. The van der Waals surface area contributed by atoms with E-state index in [9.17, 15) is 0 Å². The lowest BCUT2D eigenvalue weighted by molar-refractivity contribution is -0.112. The summed E-state index contributed by atoms with van der Waals surface area (Å²) in [7, 11) is 0. The van der Waals surface area contributed by atoms with Crippen molar-refractivity contribution in [2.45, 2.75) is 77.9 Å². The molecule has 0 heterocycles. The molecule has 2 heteroatoms. The van der Waals surface area contributed by atoms with Gasteiger partial charge in [0.05, 0.1) is 11.7 Å². The van der Waals surface area contributed by atoms with Crippen molar-refractivity contribution >= 4 is 0 Å². The fraction of sp³-hybridized carbons (Fsp3) is 1.00. The molecule has 0 radical (unpaired) electrons. The van der Waals surface area contributed by atoms with Gasteiger partial charge in [-0.05, 0) is 50.9 Å². The number of hydrogen-bond acceptors (Lipinski definition) is 2. The van der Waals surface area contributed by atoms with Gasteiger partial charge in [0.2, 0.25) is 0 Å². The molecule has 1 unspecified atom stereocenters. The zero-order valence-corrected chi connectivity index (χ0v) is 12.2.